The zero-order valence-electron chi connectivity index (χ0n) is 17.7. The van der Waals surface area contributed by atoms with Crippen LogP contribution >= 0.6 is 0 Å². The van der Waals surface area contributed by atoms with Crippen molar-refractivity contribution in [2.75, 3.05) is 19.7 Å². The van der Waals surface area contributed by atoms with E-state index in [4.69, 9.17) is 14.2 Å². The Hall–Kier alpha value is -1.97. The van der Waals surface area contributed by atoms with Crippen LogP contribution in [0.3, 0.4) is 0 Å². The number of aliphatic hydroxyl groups excluding tert-OH is 3. The number of carbonyl (C=O) groups excluding carboxylic acids is 1. The second-order valence-corrected chi connectivity index (χ2v) is 8.63. The molecule has 0 spiro atoms. The molecule has 3 aliphatic heterocycles. The third kappa shape index (κ3) is 5.10. The minimum absolute atomic E-state index is 0.350. The number of fused-ring (bicyclic) bond motifs is 1. The van der Waals surface area contributed by atoms with E-state index in [0.29, 0.717) is 24.3 Å². The summed E-state index contributed by atoms with van der Waals surface area (Å²) >= 11 is 0. The fourth-order valence-electron chi connectivity index (χ4n) is 4.69. The number of aliphatic hydroxyl groups is 3. The molecule has 0 amide bonds. The van der Waals surface area contributed by atoms with Gasteiger partial charge >= 0.3 is 5.97 Å². The number of hydrogen-bond acceptors (Lipinski definition) is 8. The highest BCUT2D eigenvalue weighted by Gasteiger charge is 2.43. The number of esters is 1. The molecule has 0 unspecified atom stereocenters. The van der Waals surface area contributed by atoms with E-state index < -0.39 is 30.7 Å². The minimum Gasteiger partial charge on any atom is -0.462 e. The van der Waals surface area contributed by atoms with Crippen LogP contribution < -0.4 is 4.74 Å². The summed E-state index contributed by atoms with van der Waals surface area (Å²) in [7, 11) is 0. The van der Waals surface area contributed by atoms with Crippen LogP contribution in [0.4, 0.5) is 0 Å². The summed E-state index contributed by atoms with van der Waals surface area (Å²) in [6.45, 7) is 4.35. The smallest absolute Gasteiger partial charge is 0.330 e. The van der Waals surface area contributed by atoms with Gasteiger partial charge in [-0.3, -0.25) is 4.90 Å². The van der Waals surface area contributed by atoms with Crippen molar-refractivity contribution < 1.29 is 34.3 Å². The zero-order valence-corrected chi connectivity index (χ0v) is 17.7. The first-order valence-corrected chi connectivity index (χ1v) is 11.0. The lowest BCUT2D eigenvalue weighted by Gasteiger charge is -2.38. The molecule has 3 saturated heterocycles. The Morgan fingerprint density at radius 1 is 1.13 bits per heavy atom. The molecular formula is C23H31NO7. The van der Waals surface area contributed by atoms with Crippen molar-refractivity contribution in [2.45, 2.75) is 62.9 Å². The molecule has 170 valence electrons. The van der Waals surface area contributed by atoms with Gasteiger partial charge in [0.2, 0.25) is 6.29 Å². The summed E-state index contributed by atoms with van der Waals surface area (Å²) < 4.78 is 16.5. The maximum atomic E-state index is 12.1. The molecule has 1 aromatic rings. The number of nitrogens with zero attached hydrogens (tertiary/aromatic N) is 1. The second kappa shape index (κ2) is 9.67. The summed E-state index contributed by atoms with van der Waals surface area (Å²) in [5.74, 6) is 0.523. The van der Waals surface area contributed by atoms with Crippen LogP contribution in [0, 0.1) is 5.92 Å². The predicted octanol–water partition coefficient (Wildman–Crippen LogP) is 0.934. The summed E-state index contributed by atoms with van der Waals surface area (Å²) in [5, 5.41) is 29.7. The van der Waals surface area contributed by atoms with Crippen molar-refractivity contribution in [1.29, 1.82) is 0 Å². The first-order chi connectivity index (χ1) is 14.9. The minimum atomic E-state index is -1.36. The van der Waals surface area contributed by atoms with E-state index in [1.54, 1.807) is 37.3 Å². The lowest BCUT2D eigenvalue weighted by Crippen LogP contribution is -2.58. The van der Waals surface area contributed by atoms with E-state index in [-0.39, 0.29) is 5.97 Å². The highest BCUT2D eigenvalue weighted by molar-refractivity contribution is 5.87. The number of hydrogen-bond donors (Lipinski definition) is 3. The molecule has 8 heteroatoms. The molecule has 3 N–H and O–H groups in total. The monoisotopic (exact) mass is 433 g/mol. The van der Waals surface area contributed by atoms with Gasteiger partial charge < -0.3 is 29.5 Å². The third-order valence-corrected chi connectivity index (χ3v) is 6.54. The summed E-state index contributed by atoms with van der Waals surface area (Å²) in [5.41, 5.74) is 0.793. The number of ether oxygens (including phenoxy) is 3. The van der Waals surface area contributed by atoms with Gasteiger partial charge in [-0.25, -0.2) is 4.79 Å². The van der Waals surface area contributed by atoms with E-state index in [9.17, 15) is 20.1 Å². The van der Waals surface area contributed by atoms with Crippen LogP contribution in [-0.2, 0) is 14.3 Å². The average molecular weight is 434 g/mol. The first kappa shape index (κ1) is 22.2. The predicted molar refractivity (Wildman–Crippen MR) is 112 cm³/mol. The van der Waals surface area contributed by atoms with Crippen molar-refractivity contribution >= 4 is 12.0 Å². The van der Waals surface area contributed by atoms with Gasteiger partial charge in [0.15, 0.2) is 0 Å². The van der Waals surface area contributed by atoms with Crippen LogP contribution in [0.25, 0.3) is 6.08 Å². The normalized spacial score (nSPS) is 35.9. The van der Waals surface area contributed by atoms with Crippen molar-refractivity contribution in [3.8, 4) is 5.75 Å². The Bertz CT molecular complexity index is 783. The number of carbonyl (C=O) groups is 1. The Morgan fingerprint density at radius 3 is 2.68 bits per heavy atom. The van der Waals surface area contributed by atoms with Gasteiger partial charge in [-0.05, 0) is 63.0 Å². The molecule has 0 aromatic heterocycles. The second-order valence-electron chi connectivity index (χ2n) is 8.63. The topological polar surface area (TPSA) is 109 Å². The van der Waals surface area contributed by atoms with Gasteiger partial charge in [-0.2, -0.15) is 0 Å². The molecule has 7 atom stereocenters. The van der Waals surface area contributed by atoms with E-state index in [2.05, 4.69) is 4.90 Å². The number of benzene rings is 1. The molecule has 1 aromatic carbocycles. The first-order valence-electron chi connectivity index (χ1n) is 11.0. The fourth-order valence-corrected chi connectivity index (χ4v) is 4.69. The largest absolute Gasteiger partial charge is 0.462 e. The molecule has 0 radical (unpaired) electrons. The lowest BCUT2D eigenvalue weighted by molar-refractivity contribution is -0.268. The van der Waals surface area contributed by atoms with E-state index >= 15 is 0 Å². The van der Waals surface area contributed by atoms with Gasteiger partial charge in [0.1, 0.15) is 24.1 Å². The van der Waals surface area contributed by atoms with Crippen molar-refractivity contribution in [1.82, 2.24) is 4.90 Å². The van der Waals surface area contributed by atoms with Crippen molar-refractivity contribution in [2.24, 2.45) is 5.92 Å². The van der Waals surface area contributed by atoms with E-state index in [1.165, 1.54) is 25.5 Å². The summed E-state index contributed by atoms with van der Waals surface area (Å²) in [6.07, 6.45) is 0.996. The quantitative estimate of drug-likeness (QED) is 0.449. The third-order valence-electron chi connectivity index (χ3n) is 6.54. The van der Waals surface area contributed by atoms with Gasteiger partial charge in [-0.1, -0.05) is 12.1 Å². The van der Waals surface area contributed by atoms with Crippen LogP contribution in [0.2, 0.25) is 0 Å². The molecule has 3 fully saturated rings. The standard InChI is InChI=1S/C23H31NO7/c1-14-20(26)21(27)22(28)23(30-14)31-17-7-4-15(5-8-17)6-9-19(25)29-13-16-10-12-24-11-2-3-18(16)24/h4-9,14,16,18,20-23,26-28H,2-3,10-13H2,1H3/b9-6-/t14-,16+,18-,20-,21+,22+,23-/m0/s1. The molecule has 0 aliphatic carbocycles. The maximum Gasteiger partial charge on any atom is 0.330 e. The fraction of sp³-hybridized carbons (Fsp3) is 0.609. The van der Waals surface area contributed by atoms with Gasteiger partial charge in [0, 0.05) is 18.0 Å². The molecule has 3 aliphatic rings. The number of rotatable bonds is 6. The summed E-state index contributed by atoms with van der Waals surface area (Å²) in [6, 6.07) is 7.45. The zero-order chi connectivity index (χ0) is 22.0. The van der Waals surface area contributed by atoms with Crippen molar-refractivity contribution in [3.63, 3.8) is 0 Å². The molecule has 0 saturated carbocycles. The van der Waals surface area contributed by atoms with Crippen LogP contribution in [-0.4, -0.2) is 82.6 Å². The Kier molecular flexibility index (Phi) is 6.93. The van der Waals surface area contributed by atoms with Crippen molar-refractivity contribution in [3.05, 3.63) is 35.9 Å². The van der Waals surface area contributed by atoms with Gasteiger partial charge in [-0.15, -0.1) is 0 Å². The van der Waals surface area contributed by atoms with Gasteiger partial charge in [0.05, 0.1) is 12.7 Å². The maximum absolute atomic E-state index is 12.1. The molecule has 3 heterocycles. The average Bonchev–Trinajstić information content (AvgIpc) is 3.38. The van der Waals surface area contributed by atoms with E-state index in [1.807, 2.05) is 0 Å². The van der Waals surface area contributed by atoms with E-state index in [0.717, 1.165) is 18.5 Å². The molecule has 4 rings (SSSR count). The highest BCUT2D eigenvalue weighted by Crippen LogP contribution is 2.32. The Balaban J connectivity index is 1.25. The summed E-state index contributed by atoms with van der Waals surface area (Å²) in [4.78, 5) is 14.6. The van der Waals surface area contributed by atoms with Gasteiger partial charge in [0.25, 0.3) is 0 Å². The highest BCUT2D eigenvalue weighted by atomic mass is 16.7. The van der Waals surface area contributed by atoms with Crippen LogP contribution in [0.15, 0.2) is 30.3 Å². The van der Waals surface area contributed by atoms with Crippen LogP contribution in [0.5, 0.6) is 5.75 Å². The molecule has 31 heavy (non-hydrogen) atoms. The van der Waals surface area contributed by atoms with Crippen LogP contribution in [0.1, 0.15) is 31.7 Å². The lowest BCUT2D eigenvalue weighted by atomic mass is 9.99. The Morgan fingerprint density at radius 2 is 1.90 bits per heavy atom. The molecular weight excluding hydrogens is 402 g/mol. The molecule has 0 bridgehead atoms. The SMILES string of the molecule is C[C@@H]1O[C@@H](Oc2ccc(/C=C\C(=O)OC[C@H]3CCN4CCC[C@@H]34)cc2)[C@H](O)[C@H](O)[C@H]1O. The Labute approximate surface area is 182 Å². The molecule has 8 nitrogen and oxygen atoms in total.